The summed E-state index contributed by atoms with van der Waals surface area (Å²) in [6, 6.07) is 7.23. The number of hydrogen-bond donors (Lipinski definition) is 2. The largest absolute Gasteiger partial charge is 0.435 e. The first kappa shape index (κ1) is 21.6. The third-order valence-corrected chi connectivity index (χ3v) is 3.47. The first-order valence-electron chi connectivity index (χ1n) is 7.08. The van der Waals surface area contributed by atoms with Crippen molar-refractivity contribution in [2.24, 2.45) is 12.0 Å². The van der Waals surface area contributed by atoms with E-state index in [1.165, 1.54) is 13.2 Å². The zero-order valence-corrected chi connectivity index (χ0v) is 16.6. The molecule has 0 aliphatic carbocycles. The molecule has 0 radical (unpaired) electrons. The van der Waals surface area contributed by atoms with E-state index in [1.807, 2.05) is 12.1 Å². The maximum Gasteiger partial charge on any atom is 0.435 e. The zero-order chi connectivity index (χ0) is 17.7. The van der Waals surface area contributed by atoms with Crippen LogP contribution in [0.2, 0.25) is 5.02 Å². The molecule has 0 spiro atoms. The van der Waals surface area contributed by atoms with E-state index < -0.39 is 11.9 Å². The molecule has 2 N–H and O–H groups in total. The average Bonchev–Trinajstić information content (AvgIpc) is 2.90. The van der Waals surface area contributed by atoms with Gasteiger partial charge >= 0.3 is 6.18 Å². The first-order valence-corrected chi connectivity index (χ1v) is 7.46. The van der Waals surface area contributed by atoms with E-state index in [2.05, 4.69) is 20.7 Å². The van der Waals surface area contributed by atoms with Gasteiger partial charge in [-0.15, -0.1) is 24.0 Å². The van der Waals surface area contributed by atoms with Gasteiger partial charge in [0, 0.05) is 44.0 Å². The molecule has 10 heteroatoms. The second-order valence-electron chi connectivity index (χ2n) is 5.08. The van der Waals surface area contributed by atoms with E-state index in [4.69, 9.17) is 11.6 Å². The average molecular weight is 488 g/mol. The van der Waals surface area contributed by atoms with Crippen molar-refractivity contribution < 1.29 is 13.2 Å². The Bertz CT molecular complexity index is 713. The number of aromatic nitrogens is 2. The van der Waals surface area contributed by atoms with Crippen molar-refractivity contribution in [3.8, 4) is 0 Å². The van der Waals surface area contributed by atoms with Crippen LogP contribution in [-0.2, 0) is 26.3 Å². The van der Waals surface area contributed by atoms with Gasteiger partial charge in [0.2, 0.25) is 0 Å². The third kappa shape index (κ3) is 6.38. The zero-order valence-electron chi connectivity index (χ0n) is 13.6. The second kappa shape index (κ2) is 9.27. The molecule has 1 aromatic carbocycles. The molecule has 138 valence electrons. The summed E-state index contributed by atoms with van der Waals surface area (Å²) in [4.78, 5) is 3.99. The first-order chi connectivity index (χ1) is 11.3. The molecule has 0 atom stereocenters. The van der Waals surface area contributed by atoms with Crippen molar-refractivity contribution in [2.75, 3.05) is 7.05 Å². The van der Waals surface area contributed by atoms with E-state index in [0.717, 1.165) is 10.2 Å². The highest BCUT2D eigenvalue weighted by molar-refractivity contribution is 14.0. The Balaban J connectivity index is 0.00000312. The van der Waals surface area contributed by atoms with E-state index in [0.29, 0.717) is 17.5 Å². The van der Waals surface area contributed by atoms with Crippen LogP contribution >= 0.6 is 35.6 Å². The van der Waals surface area contributed by atoms with Gasteiger partial charge in [-0.2, -0.15) is 18.3 Å². The molecular weight excluding hydrogens is 470 g/mol. The number of hydrogen-bond acceptors (Lipinski definition) is 2. The molecule has 5 nitrogen and oxygen atoms in total. The maximum atomic E-state index is 12.9. The molecule has 0 bridgehead atoms. The highest BCUT2D eigenvalue weighted by atomic mass is 127. The predicted molar refractivity (Wildman–Crippen MR) is 102 cm³/mol. The lowest BCUT2D eigenvalue weighted by Gasteiger charge is -2.12. The Morgan fingerprint density at radius 1 is 1.20 bits per heavy atom. The van der Waals surface area contributed by atoms with Crippen LogP contribution in [-0.4, -0.2) is 22.8 Å². The number of nitrogens with one attached hydrogen (secondary N) is 2. The van der Waals surface area contributed by atoms with Crippen molar-refractivity contribution >= 4 is 41.5 Å². The summed E-state index contributed by atoms with van der Waals surface area (Å²) in [6.45, 7) is 0.430. The number of halogens is 5. The minimum atomic E-state index is -4.49. The summed E-state index contributed by atoms with van der Waals surface area (Å²) >= 11 is 5.82. The van der Waals surface area contributed by atoms with Gasteiger partial charge in [0.05, 0.1) is 0 Å². The fourth-order valence-electron chi connectivity index (χ4n) is 2.09. The molecule has 25 heavy (non-hydrogen) atoms. The Kier molecular flexibility index (Phi) is 8.00. The number of guanidine groups is 1. The lowest BCUT2D eigenvalue weighted by atomic mass is 10.2. The molecule has 0 fully saturated rings. The van der Waals surface area contributed by atoms with Crippen LogP contribution in [0.5, 0.6) is 0 Å². The summed E-state index contributed by atoms with van der Waals surface area (Å²) in [5.74, 6) is 0.391. The quantitative estimate of drug-likeness (QED) is 0.394. The summed E-state index contributed by atoms with van der Waals surface area (Å²) < 4.78 is 39.9. The van der Waals surface area contributed by atoms with E-state index >= 15 is 0 Å². The molecule has 0 saturated carbocycles. The van der Waals surface area contributed by atoms with Gasteiger partial charge < -0.3 is 10.6 Å². The van der Waals surface area contributed by atoms with Crippen molar-refractivity contribution in [1.29, 1.82) is 0 Å². The highest BCUT2D eigenvalue weighted by Crippen LogP contribution is 2.30. The second-order valence-corrected chi connectivity index (χ2v) is 5.52. The fraction of sp³-hybridized carbons (Fsp3) is 0.333. The van der Waals surface area contributed by atoms with E-state index in [-0.39, 0.29) is 36.1 Å². The number of rotatable bonds is 4. The van der Waals surface area contributed by atoms with Crippen LogP contribution in [0, 0.1) is 0 Å². The number of nitrogens with zero attached hydrogens (tertiary/aromatic N) is 3. The van der Waals surface area contributed by atoms with Crippen molar-refractivity contribution in [1.82, 2.24) is 20.4 Å². The van der Waals surface area contributed by atoms with Gasteiger partial charge in [-0.05, 0) is 17.7 Å². The molecule has 1 heterocycles. The topological polar surface area (TPSA) is 54.2 Å². The van der Waals surface area contributed by atoms with E-state index in [1.54, 1.807) is 19.2 Å². The Labute approximate surface area is 165 Å². The molecule has 2 rings (SSSR count). The highest BCUT2D eigenvalue weighted by Gasteiger charge is 2.36. The van der Waals surface area contributed by atoms with Crippen LogP contribution in [0.4, 0.5) is 13.2 Å². The predicted octanol–water partition coefficient (Wildman–Crippen LogP) is 3.58. The van der Waals surface area contributed by atoms with Crippen molar-refractivity contribution in [3.63, 3.8) is 0 Å². The number of benzene rings is 1. The summed E-state index contributed by atoms with van der Waals surface area (Å²) in [5.41, 5.74) is 0.129. The monoisotopic (exact) mass is 487 g/mol. The minimum Gasteiger partial charge on any atom is -0.352 e. The lowest BCUT2D eigenvalue weighted by Crippen LogP contribution is -2.36. The summed E-state index contributed by atoms with van der Waals surface area (Å²) in [7, 11) is 3.00. The smallest absolute Gasteiger partial charge is 0.352 e. The van der Waals surface area contributed by atoms with Crippen LogP contribution in [0.25, 0.3) is 0 Å². The van der Waals surface area contributed by atoms with Gasteiger partial charge in [0.15, 0.2) is 11.7 Å². The molecule has 1 aromatic heterocycles. The standard InChI is InChI=1S/C15H17ClF3N5.HI/c1-20-14(21-7-10-3-5-12(16)6-4-10)22-8-11-9-24(2)23-13(11)15(17,18)19;/h3-6,9H,7-8H2,1-2H3,(H2,20,21,22);1H. The molecule has 0 aliphatic heterocycles. The minimum absolute atomic E-state index is 0. The van der Waals surface area contributed by atoms with Crippen molar-refractivity contribution in [2.45, 2.75) is 19.3 Å². The van der Waals surface area contributed by atoms with Gasteiger partial charge in [0.25, 0.3) is 0 Å². The molecule has 2 aromatic rings. The SMILES string of the molecule is CN=C(NCc1ccc(Cl)cc1)NCc1cn(C)nc1C(F)(F)F.I. The van der Waals surface area contributed by atoms with Gasteiger partial charge in [-0.3, -0.25) is 9.67 Å². The van der Waals surface area contributed by atoms with Gasteiger partial charge in [-0.25, -0.2) is 0 Å². The summed E-state index contributed by atoms with van der Waals surface area (Å²) in [5, 5.41) is 9.98. The van der Waals surface area contributed by atoms with E-state index in [9.17, 15) is 13.2 Å². The molecule has 0 saturated heterocycles. The van der Waals surface area contributed by atoms with Crippen LogP contribution in [0.3, 0.4) is 0 Å². The van der Waals surface area contributed by atoms with Gasteiger partial charge in [-0.1, -0.05) is 23.7 Å². The number of aryl methyl sites for hydroxylation is 1. The normalized spacial score (nSPS) is 11.8. The van der Waals surface area contributed by atoms with Crippen LogP contribution < -0.4 is 10.6 Å². The summed E-state index contributed by atoms with van der Waals surface area (Å²) in [6.07, 6.45) is -3.15. The molecular formula is C15H18ClF3IN5. The molecule has 0 amide bonds. The van der Waals surface area contributed by atoms with Crippen LogP contribution in [0.15, 0.2) is 35.5 Å². The number of alkyl halides is 3. The lowest BCUT2D eigenvalue weighted by molar-refractivity contribution is -0.142. The van der Waals surface area contributed by atoms with Crippen LogP contribution in [0.1, 0.15) is 16.8 Å². The Morgan fingerprint density at radius 3 is 2.36 bits per heavy atom. The number of aliphatic imine (C=N–C) groups is 1. The van der Waals surface area contributed by atoms with Crippen molar-refractivity contribution in [3.05, 3.63) is 52.3 Å². The Morgan fingerprint density at radius 2 is 1.80 bits per heavy atom. The van der Waals surface area contributed by atoms with Gasteiger partial charge in [0.1, 0.15) is 0 Å². The maximum absolute atomic E-state index is 12.9. The molecule has 0 unspecified atom stereocenters. The Hall–Kier alpha value is -1.49. The molecule has 0 aliphatic rings. The third-order valence-electron chi connectivity index (χ3n) is 3.22. The fourth-order valence-corrected chi connectivity index (χ4v) is 2.22.